The number of rotatable bonds is 2. The van der Waals surface area contributed by atoms with Gasteiger partial charge in [0.2, 0.25) is 0 Å². The zero-order valence-corrected chi connectivity index (χ0v) is 9.31. The van der Waals surface area contributed by atoms with Gasteiger partial charge < -0.3 is 5.73 Å². The van der Waals surface area contributed by atoms with Crippen LogP contribution in [-0.2, 0) is 6.54 Å². The van der Waals surface area contributed by atoms with Crippen LogP contribution < -0.4 is 5.73 Å². The highest BCUT2D eigenvalue weighted by atomic mass is 32.1. The van der Waals surface area contributed by atoms with Crippen LogP contribution in [0.5, 0.6) is 0 Å². The summed E-state index contributed by atoms with van der Waals surface area (Å²) in [5.74, 6) is 0.458. The molecule has 0 radical (unpaired) electrons. The van der Waals surface area contributed by atoms with E-state index < -0.39 is 0 Å². The van der Waals surface area contributed by atoms with Gasteiger partial charge in [-0.15, -0.1) is 16.4 Å². The summed E-state index contributed by atoms with van der Waals surface area (Å²) in [7, 11) is 0. The summed E-state index contributed by atoms with van der Waals surface area (Å²) in [6.07, 6.45) is 1.74. The maximum atomic E-state index is 5.53. The monoisotopic (exact) mass is 230 g/mol. The summed E-state index contributed by atoms with van der Waals surface area (Å²) >= 11 is 1.75. The molecule has 1 aromatic carbocycles. The van der Waals surface area contributed by atoms with E-state index in [0.717, 1.165) is 0 Å². The van der Waals surface area contributed by atoms with Crippen LogP contribution in [0.2, 0.25) is 0 Å². The van der Waals surface area contributed by atoms with Gasteiger partial charge in [0.25, 0.3) is 0 Å². The lowest BCUT2D eigenvalue weighted by Crippen LogP contribution is -1.99. The number of hydrogen-bond acceptors (Lipinski definition) is 4. The van der Waals surface area contributed by atoms with Crippen molar-refractivity contribution in [3.63, 3.8) is 0 Å². The molecule has 0 fully saturated rings. The average Bonchev–Trinajstić information content (AvgIpc) is 2.87. The third-order valence-electron chi connectivity index (χ3n) is 2.45. The average molecular weight is 230 g/mol. The van der Waals surface area contributed by atoms with Crippen LogP contribution in [0.3, 0.4) is 0 Å². The molecule has 0 aliphatic heterocycles. The minimum absolute atomic E-state index is 0.458. The SMILES string of the molecule is Nc1cn(Cc2csc3ccccc23)nn1. The predicted octanol–water partition coefficient (Wildman–Crippen LogP) is 2.12. The number of fused-ring (bicyclic) bond motifs is 1. The van der Waals surface area contributed by atoms with Crippen molar-refractivity contribution in [3.05, 3.63) is 41.4 Å². The Morgan fingerprint density at radius 1 is 1.31 bits per heavy atom. The largest absolute Gasteiger partial charge is 0.381 e. The fourth-order valence-electron chi connectivity index (χ4n) is 1.72. The van der Waals surface area contributed by atoms with E-state index in [2.05, 4.69) is 33.9 Å². The number of anilines is 1. The van der Waals surface area contributed by atoms with Gasteiger partial charge in [0.1, 0.15) is 0 Å². The molecule has 0 saturated carbocycles. The number of benzene rings is 1. The fraction of sp³-hybridized carbons (Fsp3) is 0.0909. The van der Waals surface area contributed by atoms with Crippen LogP contribution in [0.25, 0.3) is 10.1 Å². The molecule has 2 heterocycles. The topological polar surface area (TPSA) is 56.7 Å². The van der Waals surface area contributed by atoms with Gasteiger partial charge in [0.05, 0.1) is 12.7 Å². The molecule has 2 N–H and O–H groups in total. The van der Waals surface area contributed by atoms with E-state index in [4.69, 9.17) is 5.73 Å². The quantitative estimate of drug-likeness (QED) is 0.733. The van der Waals surface area contributed by atoms with Crippen molar-refractivity contribution < 1.29 is 0 Å². The van der Waals surface area contributed by atoms with E-state index in [9.17, 15) is 0 Å². The maximum absolute atomic E-state index is 5.53. The van der Waals surface area contributed by atoms with Crippen LogP contribution in [0.4, 0.5) is 5.82 Å². The fourth-order valence-corrected chi connectivity index (χ4v) is 2.67. The first-order chi connectivity index (χ1) is 7.83. The second-order valence-electron chi connectivity index (χ2n) is 3.60. The lowest BCUT2D eigenvalue weighted by molar-refractivity contribution is 0.653. The van der Waals surface area contributed by atoms with E-state index in [-0.39, 0.29) is 0 Å². The van der Waals surface area contributed by atoms with Gasteiger partial charge in [-0.25, -0.2) is 4.68 Å². The Hall–Kier alpha value is -1.88. The molecule has 0 amide bonds. The minimum atomic E-state index is 0.458. The molecule has 80 valence electrons. The number of nitrogen functional groups attached to an aromatic ring is 1. The van der Waals surface area contributed by atoms with Crippen LogP contribution in [0.1, 0.15) is 5.56 Å². The van der Waals surface area contributed by atoms with Crippen molar-refractivity contribution in [3.8, 4) is 0 Å². The van der Waals surface area contributed by atoms with Gasteiger partial charge in [-0.2, -0.15) is 0 Å². The summed E-state index contributed by atoms with van der Waals surface area (Å²) < 4.78 is 3.05. The van der Waals surface area contributed by atoms with Crippen molar-refractivity contribution in [2.75, 3.05) is 5.73 Å². The number of nitrogens with zero attached hydrogens (tertiary/aromatic N) is 3. The lowest BCUT2D eigenvalue weighted by atomic mass is 10.2. The normalized spacial score (nSPS) is 11.0. The van der Waals surface area contributed by atoms with Crippen molar-refractivity contribution in [2.24, 2.45) is 0 Å². The van der Waals surface area contributed by atoms with Gasteiger partial charge in [-0.05, 0) is 22.4 Å². The molecular formula is C11H10N4S. The molecular weight excluding hydrogens is 220 g/mol. The minimum Gasteiger partial charge on any atom is -0.381 e. The molecule has 16 heavy (non-hydrogen) atoms. The standard InChI is InChI=1S/C11H10N4S/c12-11-6-15(14-13-11)5-8-7-16-10-4-2-1-3-9(8)10/h1-4,6-7H,5,12H2. The Bertz CT molecular complexity index is 625. The summed E-state index contributed by atoms with van der Waals surface area (Å²) in [5.41, 5.74) is 6.78. The van der Waals surface area contributed by atoms with Gasteiger partial charge in [-0.3, -0.25) is 0 Å². The van der Waals surface area contributed by atoms with E-state index in [0.29, 0.717) is 12.4 Å². The third kappa shape index (κ3) is 1.55. The summed E-state index contributed by atoms with van der Waals surface area (Å²) in [4.78, 5) is 0. The van der Waals surface area contributed by atoms with Crippen LogP contribution in [0.15, 0.2) is 35.8 Å². The molecule has 0 bridgehead atoms. The van der Waals surface area contributed by atoms with Crippen LogP contribution in [0, 0.1) is 0 Å². The molecule has 2 aromatic heterocycles. The first kappa shape index (κ1) is 9.35. The summed E-state index contributed by atoms with van der Waals surface area (Å²) in [6, 6.07) is 8.35. The van der Waals surface area contributed by atoms with Gasteiger partial charge >= 0.3 is 0 Å². The third-order valence-corrected chi connectivity index (χ3v) is 3.46. The highest BCUT2D eigenvalue weighted by Crippen LogP contribution is 2.25. The highest BCUT2D eigenvalue weighted by molar-refractivity contribution is 7.17. The zero-order chi connectivity index (χ0) is 11.0. The molecule has 4 nitrogen and oxygen atoms in total. The number of thiophene rings is 1. The first-order valence-corrected chi connectivity index (χ1v) is 5.81. The Balaban J connectivity index is 2.00. The first-order valence-electron chi connectivity index (χ1n) is 4.93. The Morgan fingerprint density at radius 2 is 2.19 bits per heavy atom. The lowest BCUT2D eigenvalue weighted by Gasteiger charge is -1.98. The molecule has 0 aliphatic rings. The molecule has 0 atom stereocenters. The smallest absolute Gasteiger partial charge is 0.165 e. The molecule has 3 rings (SSSR count). The van der Waals surface area contributed by atoms with Gasteiger partial charge in [0.15, 0.2) is 5.82 Å². The second kappa shape index (κ2) is 3.61. The van der Waals surface area contributed by atoms with Gasteiger partial charge in [0, 0.05) is 4.70 Å². The number of hydrogen-bond donors (Lipinski definition) is 1. The van der Waals surface area contributed by atoms with Crippen LogP contribution in [-0.4, -0.2) is 15.0 Å². The highest BCUT2D eigenvalue weighted by Gasteiger charge is 2.04. The molecule has 5 heteroatoms. The van der Waals surface area contributed by atoms with E-state index in [1.165, 1.54) is 15.6 Å². The second-order valence-corrected chi connectivity index (χ2v) is 4.51. The number of nitrogens with two attached hydrogens (primary N) is 1. The zero-order valence-electron chi connectivity index (χ0n) is 8.50. The Labute approximate surface area is 96.3 Å². The van der Waals surface area contributed by atoms with Crippen molar-refractivity contribution >= 4 is 27.2 Å². The van der Waals surface area contributed by atoms with Gasteiger partial charge in [-0.1, -0.05) is 23.4 Å². The Morgan fingerprint density at radius 3 is 3.00 bits per heavy atom. The van der Waals surface area contributed by atoms with Crippen molar-refractivity contribution in [2.45, 2.75) is 6.54 Å². The summed E-state index contributed by atoms with van der Waals surface area (Å²) in [6.45, 7) is 0.716. The molecule has 0 spiro atoms. The molecule has 0 unspecified atom stereocenters. The summed E-state index contributed by atoms with van der Waals surface area (Å²) in [5, 5.41) is 11.1. The molecule has 0 aliphatic carbocycles. The van der Waals surface area contributed by atoms with E-state index >= 15 is 0 Å². The van der Waals surface area contributed by atoms with E-state index in [1.807, 2.05) is 6.07 Å². The van der Waals surface area contributed by atoms with Crippen molar-refractivity contribution in [1.82, 2.24) is 15.0 Å². The molecule has 0 saturated heterocycles. The molecule has 3 aromatic rings. The van der Waals surface area contributed by atoms with Crippen LogP contribution >= 0.6 is 11.3 Å². The van der Waals surface area contributed by atoms with E-state index in [1.54, 1.807) is 22.2 Å². The van der Waals surface area contributed by atoms with Crippen molar-refractivity contribution in [1.29, 1.82) is 0 Å². The predicted molar refractivity (Wildman–Crippen MR) is 65.4 cm³/mol. The Kier molecular flexibility index (Phi) is 2.11. The number of aromatic nitrogens is 3. The maximum Gasteiger partial charge on any atom is 0.165 e.